The third-order valence-corrected chi connectivity index (χ3v) is 8.09. The van der Waals surface area contributed by atoms with Gasteiger partial charge in [0.05, 0.1) is 28.6 Å². The Morgan fingerprint density at radius 2 is 1.55 bits per heavy atom. The largest absolute Gasteiger partial charge is 0.416 e. The molecule has 2 aromatic carbocycles. The van der Waals surface area contributed by atoms with Crippen LogP contribution in [0.3, 0.4) is 0 Å². The standard InChI is InChI=1S/C29H29F6N3O4/c1-18-5-3-4-6-22(18)24-23-16-27(7-11-39,8-12-40)25(41)37(23)9-10-38(24)26(42)36(2)17-19-13-20(28(30,31)32)15-21(14-19)29(33,34)35/h3-6,11-15,23-24H,7-10,16-17H2,1-2H3. The molecule has 42 heavy (non-hydrogen) atoms. The third kappa shape index (κ3) is 5.86. The van der Waals surface area contributed by atoms with Crippen molar-refractivity contribution < 1.29 is 45.5 Å². The van der Waals surface area contributed by atoms with Gasteiger partial charge in [0.15, 0.2) is 0 Å². The van der Waals surface area contributed by atoms with E-state index in [1.165, 1.54) is 11.9 Å². The minimum Gasteiger partial charge on any atom is -0.335 e. The van der Waals surface area contributed by atoms with Crippen LogP contribution in [0, 0.1) is 12.3 Å². The quantitative estimate of drug-likeness (QED) is 0.316. The molecule has 4 rings (SSSR count). The molecule has 0 aliphatic carbocycles. The molecule has 0 bridgehead atoms. The first kappa shape index (κ1) is 31.0. The number of carbonyl (C=O) groups is 4. The Morgan fingerprint density at radius 1 is 0.976 bits per heavy atom. The van der Waals surface area contributed by atoms with Gasteiger partial charge in [0, 0.05) is 39.5 Å². The van der Waals surface area contributed by atoms with Crippen molar-refractivity contribution in [3.05, 3.63) is 70.3 Å². The highest BCUT2D eigenvalue weighted by atomic mass is 19.4. The SMILES string of the molecule is Cc1ccccc1C1C2CC(CC=O)(CC=O)C(=O)N2CCN1C(=O)N(C)Cc1cc(C(F)(F)F)cc(C(F)(F)F)c1. The molecule has 2 fully saturated rings. The van der Waals surface area contributed by atoms with Crippen molar-refractivity contribution >= 4 is 24.5 Å². The maximum absolute atomic E-state index is 13.8. The van der Waals surface area contributed by atoms with E-state index in [4.69, 9.17) is 0 Å². The summed E-state index contributed by atoms with van der Waals surface area (Å²) in [7, 11) is 1.28. The van der Waals surface area contributed by atoms with Gasteiger partial charge in [-0.3, -0.25) is 4.79 Å². The fourth-order valence-electron chi connectivity index (χ4n) is 6.09. The predicted octanol–water partition coefficient (Wildman–Crippen LogP) is 5.41. The molecule has 0 radical (unpaired) electrons. The molecule has 2 saturated heterocycles. The van der Waals surface area contributed by atoms with Gasteiger partial charge in [-0.2, -0.15) is 26.3 Å². The molecule has 226 valence electrons. The molecule has 2 aliphatic rings. The van der Waals surface area contributed by atoms with Gasteiger partial charge in [-0.15, -0.1) is 0 Å². The van der Waals surface area contributed by atoms with Crippen LogP contribution in [-0.4, -0.2) is 65.4 Å². The average molecular weight is 598 g/mol. The summed E-state index contributed by atoms with van der Waals surface area (Å²) in [6.45, 7) is 1.35. The van der Waals surface area contributed by atoms with Gasteiger partial charge in [0.2, 0.25) is 5.91 Å². The number of aryl methyl sites for hydroxylation is 1. The first-order chi connectivity index (χ1) is 19.6. The first-order valence-corrected chi connectivity index (χ1v) is 13.2. The second-order valence-electron chi connectivity index (χ2n) is 10.8. The Labute approximate surface area is 238 Å². The van der Waals surface area contributed by atoms with Crippen molar-refractivity contribution in [3.8, 4) is 0 Å². The molecule has 3 amide bonds. The number of alkyl halides is 6. The van der Waals surface area contributed by atoms with E-state index in [-0.39, 0.29) is 49.9 Å². The number of amides is 3. The van der Waals surface area contributed by atoms with E-state index in [1.54, 1.807) is 23.1 Å². The first-order valence-electron chi connectivity index (χ1n) is 13.2. The van der Waals surface area contributed by atoms with Crippen molar-refractivity contribution in [1.82, 2.24) is 14.7 Å². The summed E-state index contributed by atoms with van der Waals surface area (Å²) in [6.07, 6.45) is -9.14. The molecular weight excluding hydrogens is 568 g/mol. The fraction of sp³-hybridized carbons (Fsp3) is 0.448. The van der Waals surface area contributed by atoms with Gasteiger partial charge < -0.3 is 24.3 Å². The number of hydrogen-bond acceptors (Lipinski definition) is 4. The van der Waals surface area contributed by atoms with E-state index >= 15 is 0 Å². The minimum absolute atomic E-state index is 0.0130. The van der Waals surface area contributed by atoms with Gasteiger partial charge in [-0.1, -0.05) is 24.3 Å². The van der Waals surface area contributed by atoms with E-state index in [9.17, 15) is 45.5 Å². The summed E-state index contributed by atoms with van der Waals surface area (Å²) in [4.78, 5) is 54.4. The number of piperazine rings is 1. The lowest BCUT2D eigenvalue weighted by Gasteiger charge is -2.46. The predicted molar refractivity (Wildman–Crippen MR) is 138 cm³/mol. The van der Waals surface area contributed by atoms with Crippen molar-refractivity contribution in [3.63, 3.8) is 0 Å². The number of nitrogens with zero attached hydrogens (tertiary/aromatic N) is 3. The fourth-order valence-corrected chi connectivity index (χ4v) is 6.09. The molecule has 0 saturated carbocycles. The van der Waals surface area contributed by atoms with Gasteiger partial charge in [-0.25, -0.2) is 4.79 Å². The summed E-state index contributed by atoms with van der Waals surface area (Å²) in [5, 5.41) is 0. The summed E-state index contributed by atoms with van der Waals surface area (Å²) in [6, 6.07) is 6.28. The molecule has 0 spiro atoms. The zero-order chi connectivity index (χ0) is 31.0. The van der Waals surface area contributed by atoms with E-state index in [2.05, 4.69) is 0 Å². The number of rotatable bonds is 7. The third-order valence-electron chi connectivity index (χ3n) is 8.09. The van der Waals surface area contributed by atoms with Crippen molar-refractivity contribution in [2.45, 2.75) is 57.2 Å². The van der Waals surface area contributed by atoms with E-state index in [1.807, 2.05) is 13.0 Å². The maximum Gasteiger partial charge on any atom is 0.416 e. The van der Waals surface area contributed by atoms with Gasteiger partial charge in [-0.05, 0) is 48.2 Å². The van der Waals surface area contributed by atoms with Gasteiger partial charge in [0.25, 0.3) is 0 Å². The maximum atomic E-state index is 13.8. The van der Waals surface area contributed by atoms with Crippen LogP contribution in [0.4, 0.5) is 31.1 Å². The van der Waals surface area contributed by atoms with Crippen LogP contribution in [0.5, 0.6) is 0 Å². The number of urea groups is 1. The lowest BCUT2D eigenvalue weighted by atomic mass is 9.77. The molecule has 2 unspecified atom stereocenters. The number of benzene rings is 2. The average Bonchev–Trinajstić information content (AvgIpc) is 3.18. The van der Waals surface area contributed by atoms with Crippen molar-refractivity contribution in [1.29, 1.82) is 0 Å². The highest BCUT2D eigenvalue weighted by Crippen LogP contribution is 2.48. The Hall–Kier alpha value is -3.90. The molecule has 0 N–H and O–H groups in total. The van der Waals surface area contributed by atoms with E-state index in [0.717, 1.165) is 10.5 Å². The van der Waals surface area contributed by atoms with E-state index in [0.29, 0.717) is 30.3 Å². The van der Waals surface area contributed by atoms with Gasteiger partial charge in [0.1, 0.15) is 12.6 Å². The normalized spacial score (nSPS) is 20.3. The Kier molecular flexibility index (Phi) is 8.43. The molecule has 2 aliphatic heterocycles. The van der Waals surface area contributed by atoms with Crippen LogP contribution in [-0.2, 0) is 33.3 Å². The number of hydrogen-bond donors (Lipinski definition) is 0. The van der Waals surface area contributed by atoms with Crippen LogP contribution in [0.15, 0.2) is 42.5 Å². The zero-order valence-corrected chi connectivity index (χ0v) is 22.8. The summed E-state index contributed by atoms with van der Waals surface area (Å²) in [5.41, 5.74) is -3.10. The van der Waals surface area contributed by atoms with Crippen molar-refractivity contribution in [2.75, 3.05) is 20.1 Å². The Morgan fingerprint density at radius 3 is 2.07 bits per heavy atom. The van der Waals surface area contributed by atoms with Crippen LogP contribution in [0.2, 0.25) is 0 Å². The highest BCUT2D eigenvalue weighted by Gasteiger charge is 2.56. The van der Waals surface area contributed by atoms with Gasteiger partial charge >= 0.3 is 18.4 Å². The molecule has 7 nitrogen and oxygen atoms in total. The number of halogens is 6. The molecule has 2 heterocycles. The van der Waals surface area contributed by atoms with Crippen molar-refractivity contribution in [2.24, 2.45) is 5.41 Å². The van der Waals surface area contributed by atoms with Crippen LogP contribution < -0.4 is 0 Å². The second-order valence-corrected chi connectivity index (χ2v) is 10.8. The summed E-state index contributed by atoms with van der Waals surface area (Å²) in [5.74, 6) is -0.366. The zero-order valence-electron chi connectivity index (χ0n) is 22.8. The monoisotopic (exact) mass is 597 g/mol. The number of fused-ring (bicyclic) bond motifs is 1. The number of aldehydes is 2. The molecule has 13 heteroatoms. The second kappa shape index (κ2) is 11.4. The lowest BCUT2D eigenvalue weighted by molar-refractivity contribution is -0.143. The molecule has 2 aromatic rings. The highest BCUT2D eigenvalue weighted by molar-refractivity contribution is 5.90. The smallest absolute Gasteiger partial charge is 0.335 e. The van der Waals surface area contributed by atoms with Crippen LogP contribution >= 0.6 is 0 Å². The Bertz CT molecular complexity index is 1330. The van der Waals surface area contributed by atoms with Crippen LogP contribution in [0.25, 0.3) is 0 Å². The molecule has 0 aromatic heterocycles. The summed E-state index contributed by atoms with van der Waals surface area (Å²) >= 11 is 0. The number of carbonyl (C=O) groups excluding carboxylic acids is 4. The lowest BCUT2D eigenvalue weighted by Crippen LogP contribution is -2.57. The topological polar surface area (TPSA) is 78.0 Å². The molecule has 2 atom stereocenters. The summed E-state index contributed by atoms with van der Waals surface area (Å²) < 4.78 is 80.4. The van der Waals surface area contributed by atoms with E-state index < -0.39 is 53.6 Å². The van der Waals surface area contributed by atoms with Crippen LogP contribution in [0.1, 0.15) is 53.1 Å². The minimum atomic E-state index is -5.03. The Balaban J connectivity index is 1.71. The molecular formula is C29H29F6N3O4.